The van der Waals surface area contributed by atoms with Gasteiger partial charge in [0.25, 0.3) is 0 Å². The van der Waals surface area contributed by atoms with E-state index in [1.165, 1.54) is 17.3 Å². The zero-order valence-corrected chi connectivity index (χ0v) is 13.8. The van der Waals surface area contributed by atoms with Gasteiger partial charge in [0.2, 0.25) is 5.95 Å². The zero-order valence-electron chi connectivity index (χ0n) is 13.8. The molecule has 1 aromatic carbocycles. The van der Waals surface area contributed by atoms with Gasteiger partial charge < -0.3 is 20.5 Å². The Labute approximate surface area is 141 Å². The van der Waals surface area contributed by atoms with E-state index >= 15 is 0 Å². The van der Waals surface area contributed by atoms with Crippen LogP contribution < -0.4 is 16.0 Å². The van der Waals surface area contributed by atoms with Crippen molar-refractivity contribution >= 4 is 28.4 Å². The van der Waals surface area contributed by atoms with E-state index in [0.29, 0.717) is 12.0 Å². The van der Waals surface area contributed by atoms with Gasteiger partial charge in [-0.15, -0.1) is 0 Å². The first kappa shape index (κ1) is 15.0. The molecule has 0 amide bonds. The Hall–Kier alpha value is -2.60. The lowest BCUT2D eigenvalue weighted by Gasteiger charge is -2.23. The van der Waals surface area contributed by atoms with Crippen LogP contribution in [0.3, 0.4) is 0 Å². The van der Waals surface area contributed by atoms with Crippen LogP contribution in [0.4, 0.5) is 17.5 Å². The van der Waals surface area contributed by atoms with Crippen LogP contribution in [0.2, 0.25) is 0 Å². The number of aryl methyl sites for hydroxylation is 1. The Morgan fingerprint density at radius 1 is 1.25 bits per heavy atom. The molecule has 1 saturated heterocycles. The molecule has 4 rings (SSSR count). The molecule has 1 fully saturated rings. The Morgan fingerprint density at radius 2 is 2.21 bits per heavy atom. The van der Waals surface area contributed by atoms with Gasteiger partial charge in [-0.1, -0.05) is 6.07 Å². The minimum atomic E-state index is 0.395. The van der Waals surface area contributed by atoms with Crippen LogP contribution in [-0.4, -0.2) is 33.7 Å². The molecule has 3 N–H and O–H groups in total. The lowest BCUT2D eigenvalue weighted by Crippen LogP contribution is -2.38. The first-order valence-corrected chi connectivity index (χ1v) is 8.41. The predicted molar refractivity (Wildman–Crippen MR) is 97.7 cm³/mol. The second kappa shape index (κ2) is 6.49. The van der Waals surface area contributed by atoms with Crippen molar-refractivity contribution in [1.82, 2.24) is 19.9 Å². The molecule has 2 aromatic heterocycles. The normalized spacial score (nSPS) is 17.8. The molecule has 1 atom stereocenters. The number of nitrogens with zero attached hydrogens (tertiary/aromatic N) is 3. The molecule has 0 radical (unpaired) electrons. The van der Waals surface area contributed by atoms with Crippen molar-refractivity contribution in [1.29, 1.82) is 0 Å². The molecule has 6 heteroatoms. The molecule has 0 aliphatic carbocycles. The molecule has 0 spiro atoms. The number of benzene rings is 1. The smallest absolute Gasteiger partial charge is 0.224 e. The molecule has 0 unspecified atom stereocenters. The summed E-state index contributed by atoms with van der Waals surface area (Å²) >= 11 is 0. The highest BCUT2D eigenvalue weighted by Crippen LogP contribution is 2.26. The van der Waals surface area contributed by atoms with Crippen molar-refractivity contribution in [2.45, 2.75) is 18.9 Å². The summed E-state index contributed by atoms with van der Waals surface area (Å²) in [6, 6.07) is 10.6. The second-order valence-corrected chi connectivity index (χ2v) is 6.24. The summed E-state index contributed by atoms with van der Waals surface area (Å²) in [5.41, 5.74) is 2.25. The number of rotatable bonds is 4. The first-order chi connectivity index (χ1) is 11.8. The van der Waals surface area contributed by atoms with E-state index in [2.05, 4.69) is 68.0 Å². The highest BCUT2D eigenvalue weighted by Gasteiger charge is 2.14. The molecule has 0 saturated carbocycles. The van der Waals surface area contributed by atoms with Crippen LogP contribution in [0.1, 0.15) is 12.8 Å². The van der Waals surface area contributed by atoms with Crippen LogP contribution >= 0.6 is 0 Å². The molecular weight excluding hydrogens is 300 g/mol. The number of anilines is 3. The molecule has 124 valence electrons. The maximum Gasteiger partial charge on any atom is 0.224 e. The van der Waals surface area contributed by atoms with Gasteiger partial charge in [-0.25, -0.2) is 4.98 Å². The Balaban J connectivity index is 1.54. The fraction of sp³-hybridized carbons (Fsp3) is 0.333. The summed E-state index contributed by atoms with van der Waals surface area (Å²) in [7, 11) is 2.05. The zero-order chi connectivity index (χ0) is 16.4. The van der Waals surface area contributed by atoms with Crippen molar-refractivity contribution in [3.63, 3.8) is 0 Å². The van der Waals surface area contributed by atoms with Gasteiger partial charge in [-0.3, -0.25) is 0 Å². The molecule has 1 aliphatic heterocycles. The topological polar surface area (TPSA) is 66.8 Å². The van der Waals surface area contributed by atoms with Gasteiger partial charge in [0.05, 0.1) is 0 Å². The van der Waals surface area contributed by atoms with Crippen molar-refractivity contribution in [2.24, 2.45) is 7.05 Å². The van der Waals surface area contributed by atoms with Crippen molar-refractivity contribution in [3.8, 4) is 0 Å². The van der Waals surface area contributed by atoms with E-state index < -0.39 is 0 Å². The number of aromatic nitrogens is 3. The van der Waals surface area contributed by atoms with Crippen LogP contribution in [0.15, 0.2) is 42.7 Å². The molecular formula is C18H22N6. The van der Waals surface area contributed by atoms with E-state index in [0.717, 1.165) is 31.0 Å². The molecule has 3 aromatic rings. The van der Waals surface area contributed by atoms with Crippen LogP contribution in [-0.2, 0) is 7.05 Å². The van der Waals surface area contributed by atoms with Crippen LogP contribution in [0.25, 0.3) is 10.9 Å². The second-order valence-electron chi connectivity index (χ2n) is 6.24. The number of hydrogen-bond acceptors (Lipinski definition) is 5. The Morgan fingerprint density at radius 3 is 3.08 bits per heavy atom. The van der Waals surface area contributed by atoms with Gasteiger partial charge in [0, 0.05) is 48.6 Å². The summed E-state index contributed by atoms with van der Waals surface area (Å²) in [5, 5.41) is 11.4. The summed E-state index contributed by atoms with van der Waals surface area (Å²) in [6.45, 7) is 2.06. The van der Waals surface area contributed by atoms with E-state index in [1.807, 2.05) is 6.07 Å². The predicted octanol–water partition coefficient (Wildman–Crippen LogP) is 2.88. The third kappa shape index (κ3) is 3.05. The van der Waals surface area contributed by atoms with Gasteiger partial charge in [-0.2, -0.15) is 4.98 Å². The Kier molecular flexibility index (Phi) is 4.04. The Bertz CT molecular complexity index is 834. The standard InChI is InChI=1S/C18H22N6/c1-24-11-8-14-15(5-2-6-16(14)24)22-17-7-10-20-18(23-17)21-13-4-3-9-19-12-13/h2,5-8,10-11,13,19H,3-4,9,12H2,1H3,(H2,20,21,22,23)/t13-/m1/s1. The third-order valence-electron chi connectivity index (χ3n) is 4.48. The molecule has 1 aliphatic rings. The number of fused-ring (bicyclic) bond motifs is 1. The number of nitrogens with one attached hydrogen (secondary N) is 3. The van der Waals surface area contributed by atoms with E-state index in [-0.39, 0.29) is 0 Å². The average molecular weight is 322 g/mol. The van der Waals surface area contributed by atoms with Gasteiger partial charge in [0.15, 0.2) is 0 Å². The van der Waals surface area contributed by atoms with Crippen molar-refractivity contribution < 1.29 is 0 Å². The average Bonchev–Trinajstić information content (AvgIpc) is 2.99. The third-order valence-corrected chi connectivity index (χ3v) is 4.48. The fourth-order valence-corrected chi connectivity index (χ4v) is 3.20. The van der Waals surface area contributed by atoms with Gasteiger partial charge in [-0.05, 0) is 43.7 Å². The minimum absolute atomic E-state index is 0.395. The minimum Gasteiger partial charge on any atom is -0.350 e. The number of piperidine rings is 1. The summed E-state index contributed by atoms with van der Waals surface area (Å²) in [5.74, 6) is 1.47. The molecule has 3 heterocycles. The summed E-state index contributed by atoms with van der Waals surface area (Å²) in [4.78, 5) is 8.96. The molecule has 0 bridgehead atoms. The fourth-order valence-electron chi connectivity index (χ4n) is 3.20. The monoisotopic (exact) mass is 322 g/mol. The lowest BCUT2D eigenvalue weighted by molar-refractivity contribution is 0.478. The summed E-state index contributed by atoms with van der Waals surface area (Å²) in [6.07, 6.45) is 6.20. The first-order valence-electron chi connectivity index (χ1n) is 8.41. The van der Waals surface area contributed by atoms with Crippen LogP contribution in [0.5, 0.6) is 0 Å². The lowest BCUT2D eigenvalue weighted by atomic mass is 10.1. The van der Waals surface area contributed by atoms with Gasteiger partial charge >= 0.3 is 0 Å². The largest absolute Gasteiger partial charge is 0.350 e. The summed E-state index contributed by atoms with van der Waals surface area (Å²) < 4.78 is 2.11. The van der Waals surface area contributed by atoms with Crippen molar-refractivity contribution in [2.75, 3.05) is 23.7 Å². The highest BCUT2D eigenvalue weighted by atomic mass is 15.2. The SMILES string of the molecule is Cn1ccc2c(Nc3ccnc(N[C@@H]4CCCNC4)n3)cccc21. The van der Waals surface area contributed by atoms with E-state index in [4.69, 9.17) is 0 Å². The highest BCUT2D eigenvalue weighted by molar-refractivity contribution is 5.93. The maximum absolute atomic E-state index is 4.61. The maximum atomic E-state index is 4.61. The molecule has 24 heavy (non-hydrogen) atoms. The van der Waals surface area contributed by atoms with Crippen LogP contribution in [0, 0.1) is 0 Å². The van der Waals surface area contributed by atoms with Gasteiger partial charge in [0.1, 0.15) is 5.82 Å². The van der Waals surface area contributed by atoms with E-state index in [1.54, 1.807) is 6.20 Å². The van der Waals surface area contributed by atoms with E-state index in [9.17, 15) is 0 Å². The molecule has 6 nitrogen and oxygen atoms in total. The van der Waals surface area contributed by atoms with Crippen molar-refractivity contribution in [3.05, 3.63) is 42.7 Å². The quantitative estimate of drug-likeness (QED) is 0.689. The number of hydrogen-bond donors (Lipinski definition) is 3.